The molecule has 132 valence electrons. The largest absolute Gasteiger partial charge is 0.356 e. The van der Waals surface area contributed by atoms with Crippen molar-refractivity contribution in [2.45, 2.75) is 13.0 Å². The first-order valence-corrected chi connectivity index (χ1v) is 8.82. The summed E-state index contributed by atoms with van der Waals surface area (Å²) in [5, 5.41) is 3.14. The Morgan fingerprint density at radius 1 is 1.35 bits per heavy atom. The van der Waals surface area contributed by atoms with Crippen molar-refractivity contribution in [1.82, 2.24) is 14.9 Å². The molecule has 1 aromatic rings. The van der Waals surface area contributed by atoms with Crippen LogP contribution in [-0.4, -0.2) is 52.7 Å². The molecule has 2 N–H and O–H groups in total. The van der Waals surface area contributed by atoms with Crippen LogP contribution in [0.3, 0.4) is 0 Å². The van der Waals surface area contributed by atoms with Gasteiger partial charge in [0.05, 0.1) is 6.26 Å². The highest BCUT2D eigenvalue weighted by Gasteiger charge is 2.07. The van der Waals surface area contributed by atoms with Gasteiger partial charge in [0.1, 0.15) is 5.82 Å². The number of guanidine groups is 1. The summed E-state index contributed by atoms with van der Waals surface area (Å²) in [6, 6.07) is 6.42. The summed E-state index contributed by atoms with van der Waals surface area (Å²) in [5.41, 5.74) is 0.851. The average molecular weight is 458 g/mol. The van der Waals surface area contributed by atoms with Gasteiger partial charge in [-0.3, -0.25) is 4.99 Å². The summed E-state index contributed by atoms with van der Waals surface area (Å²) >= 11 is 0. The average Bonchev–Trinajstić information content (AvgIpc) is 2.41. The number of hydrogen-bond donors (Lipinski definition) is 2. The molecule has 0 heterocycles. The summed E-state index contributed by atoms with van der Waals surface area (Å²) in [6.07, 6.45) is 1.77. The van der Waals surface area contributed by atoms with E-state index in [1.54, 1.807) is 13.1 Å². The SMILES string of the molecule is CN=C(NCCCNS(C)(=O)=O)N(C)Cc1cccc(F)c1.I. The zero-order chi connectivity index (χ0) is 16.6. The monoisotopic (exact) mass is 458 g/mol. The van der Waals surface area contributed by atoms with Gasteiger partial charge in [0.2, 0.25) is 10.0 Å². The van der Waals surface area contributed by atoms with Crippen LogP contribution < -0.4 is 10.0 Å². The Balaban J connectivity index is 0.00000484. The molecule has 0 saturated carbocycles. The third kappa shape index (κ3) is 9.72. The normalized spacial score (nSPS) is 11.7. The van der Waals surface area contributed by atoms with Crippen LogP contribution in [0.1, 0.15) is 12.0 Å². The van der Waals surface area contributed by atoms with E-state index in [9.17, 15) is 12.8 Å². The third-order valence-corrected chi connectivity index (χ3v) is 3.61. The molecule has 0 aliphatic carbocycles. The first kappa shape index (κ1) is 22.1. The first-order valence-electron chi connectivity index (χ1n) is 6.92. The minimum atomic E-state index is -3.15. The Hall–Kier alpha value is -0.940. The van der Waals surface area contributed by atoms with E-state index in [4.69, 9.17) is 0 Å². The second-order valence-electron chi connectivity index (χ2n) is 4.98. The maximum absolute atomic E-state index is 13.2. The molecule has 0 aromatic heterocycles. The van der Waals surface area contributed by atoms with Gasteiger partial charge in [-0.05, 0) is 24.1 Å². The first-order chi connectivity index (χ1) is 10.3. The maximum Gasteiger partial charge on any atom is 0.208 e. The molecule has 0 aliphatic heterocycles. The van der Waals surface area contributed by atoms with Crippen molar-refractivity contribution >= 4 is 40.0 Å². The van der Waals surface area contributed by atoms with Crippen LogP contribution in [0.15, 0.2) is 29.3 Å². The number of hydrogen-bond acceptors (Lipinski definition) is 3. The van der Waals surface area contributed by atoms with Gasteiger partial charge in [-0.1, -0.05) is 12.1 Å². The summed E-state index contributed by atoms with van der Waals surface area (Å²) < 4.78 is 37.4. The van der Waals surface area contributed by atoms with Crippen molar-refractivity contribution in [3.05, 3.63) is 35.6 Å². The molecule has 0 saturated heterocycles. The van der Waals surface area contributed by atoms with E-state index in [0.29, 0.717) is 32.0 Å². The van der Waals surface area contributed by atoms with Crippen molar-refractivity contribution in [2.75, 3.05) is 33.4 Å². The molecule has 0 radical (unpaired) electrons. The number of benzene rings is 1. The zero-order valence-corrected chi connectivity index (χ0v) is 16.7. The summed E-state index contributed by atoms with van der Waals surface area (Å²) in [4.78, 5) is 6.03. The lowest BCUT2D eigenvalue weighted by Crippen LogP contribution is -2.39. The Labute approximate surface area is 154 Å². The van der Waals surface area contributed by atoms with Crippen molar-refractivity contribution < 1.29 is 12.8 Å². The zero-order valence-electron chi connectivity index (χ0n) is 13.5. The number of sulfonamides is 1. The van der Waals surface area contributed by atoms with Crippen molar-refractivity contribution in [3.8, 4) is 0 Å². The van der Waals surface area contributed by atoms with E-state index in [1.165, 1.54) is 12.1 Å². The molecule has 9 heteroatoms. The molecule has 1 rings (SSSR count). The van der Waals surface area contributed by atoms with E-state index in [-0.39, 0.29) is 29.8 Å². The number of aliphatic imine (C=N–C) groups is 1. The second kappa shape index (κ2) is 10.8. The van der Waals surface area contributed by atoms with Gasteiger partial charge in [0.25, 0.3) is 0 Å². The molecule has 23 heavy (non-hydrogen) atoms. The van der Waals surface area contributed by atoms with Crippen LogP contribution in [0, 0.1) is 5.82 Å². The van der Waals surface area contributed by atoms with Gasteiger partial charge in [0.15, 0.2) is 5.96 Å². The van der Waals surface area contributed by atoms with Crippen molar-refractivity contribution in [3.63, 3.8) is 0 Å². The van der Waals surface area contributed by atoms with Crippen molar-refractivity contribution in [1.29, 1.82) is 0 Å². The molecule has 0 unspecified atom stereocenters. The molecule has 0 atom stereocenters. The van der Waals surface area contributed by atoms with Gasteiger partial charge >= 0.3 is 0 Å². The Kier molecular flexibility index (Phi) is 10.3. The lowest BCUT2D eigenvalue weighted by atomic mass is 10.2. The minimum Gasteiger partial charge on any atom is -0.356 e. The molecule has 1 aromatic carbocycles. The molecule has 0 bridgehead atoms. The maximum atomic E-state index is 13.2. The van der Waals surface area contributed by atoms with Crippen LogP contribution in [0.2, 0.25) is 0 Å². The lowest BCUT2D eigenvalue weighted by molar-refractivity contribution is 0.473. The number of nitrogens with one attached hydrogen (secondary N) is 2. The van der Waals surface area contributed by atoms with E-state index in [1.807, 2.05) is 18.0 Å². The molecule has 0 fully saturated rings. The summed E-state index contributed by atoms with van der Waals surface area (Å²) in [7, 11) is 0.377. The Bertz CT molecular complexity index is 611. The predicted molar refractivity (Wildman–Crippen MR) is 102 cm³/mol. The van der Waals surface area contributed by atoms with Crippen molar-refractivity contribution in [2.24, 2.45) is 4.99 Å². The van der Waals surface area contributed by atoms with E-state index in [2.05, 4.69) is 15.0 Å². The van der Waals surface area contributed by atoms with E-state index >= 15 is 0 Å². The van der Waals surface area contributed by atoms with Crippen LogP contribution in [0.25, 0.3) is 0 Å². The fourth-order valence-electron chi connectivity index (χ4n) is 1.91. The molecule has 0 amide bonds. The quantitative estimate of drug-likeness (QED) is 0.281. The van der Waals surface area contributed by atoms with Crippen LogP contribution in [0.5, 0.6) is 0 Å². The molecular formula is C14H24FIN4O2S. The molecule has 6 nitrogen and oxygen atoms in total. The highest BCUT2D eigenvalue weighted by molar-refractivity contribution is 14.0. The molecular weight excluding hydrogens is 434 g/mol. The predicted octanol–water partition coefficient (Wildman–Crippen LogP) is 1.39. The standard InChI is InChI=1S/C14H23FN4O2S.HI/c1-16-14(17-8-5-9-18-22(3,20)21)19(2)11-12-6-4-7-13(15)10-12;/h4,6-7,10,18H,5,8-9,11H2,1-3H3,(H,16,17);1H. The Morgan fingerprint density at radius 2 is 2.04 bits per heavy atom. The van der Waals surface area contributed by atoms with Gasteiger partial charge in [-0.25, -0.2) is 17.5 Å². The van der Waals surface area contributed by atoms with Crippen LogP contribution in [0.4, 0.5) is 4.39 Å². The molecule has 0 aliphatic rings. The van der Waals surface area contributed by atoms with Crippen LogP contribution >= 0.6 is 24.0 Å². The molecule has 0 spiro atoms. The Morgan fingerprint density at radius 3 is 2.61 bits per heavy atom. The fraction of sp³-hybridized carbons (Fsp3) is 0.500. The lowest BCUT2D eigenvalue weighted by Gasteiger charge is -2.22. The van der Waals surface area contributed by atoms with Crippen LogP contribution in [-0.2, 0) is 16.6 Å². The number of nitrogens with zero attached hydrogens (tertiary/aromatic N) is 2. The van der Waals surface area contributed by atoms with Gasteiger partial charge < -0.3 is 10.2 Å². The highest BCUT2D eigenvalue weighted by atomic mass is 127. The second-order valence-corrected chi connectivity index (χ2v) is 6.81. The van der Waals surface area contributed by atoms with Gasteiger partial charge in [0, 0.05) is 33.7 Å². The topological polar surface area (TPSA) is 73.8 Å². The van der Waals surface area contributed by atoms with E-state index < -0.39 is 10.0 Å². The number of rotatable bonds is 7. The summed E-state index contributed by atoms with van der Waals surface area (Å²) in [6.45, 7) is 1.48. The summed E-state index contributed by atoms with van der Waals surface area (Å²) in [5.74, 6) is 0.407. The van der Waals surface area contributed by atoms with Gasteiger partial charge in [-0.2, -0.15) is 0 Å². The number of halogens is 2. The highest BCUT2D eigenvalue weighted by Crippen LogP contribution is 2.06. The van der Waals surface area contributed by atoms with E-state index in [0.717, 1.165) is 11.8 Å². The smallest absolute Gasteiger partial charge is 0.208 e. The third-order valence-electron chi connectivity index (χ3n) is 2.88. The fourth-order valence-corrected chi connectivity index (χ4v) is 2.43. The van der Waals surface area contributed by atoms with Gasteiger partial charge in [-0.15, -0.1) is 24.0 Å². The minimum absolute atomic E-state index is 0.